The van der Waals surface area contributed by atoms with E-state index in [4.69, 9.17) is 11.6 Å². The Hall–Kier alpha value is -1.92. The van der Waals surface area contributed by atoms with Gasteiger partial charge in [-0.15, -0.1) is 0 Å². The number of hydrogen-bond donors (Lipinski definition) is 1. The van der Waals surface area contributed by atoms with Gasteiger partial charge in [-0.1, -0.05) is 11.6 Å². The topological polar surface area (TPSA) is 63.1 Å². The van der Waals surface area contributed by atoms with Gasteiger partial charge in [-0.25, -0.2) is 0 Å². The zero-order valence-corrected chi connectivity index (χ0v) is 14.7. The number of piperidine rings is 1. The Balaban J connectivity index is 1.72. The summed E-state index contributed by atoms with van der Waals surface area (Å²) in [5, 5.41) is 7.70. The zero-order chi connectivity index (χ0) is 17.1. The number of carbonyl (C=O) groups is 1. The number of aryl methyl sites for hydroxylation is 1. The molecule has 2 aromatic heterocycles. The lowest BCUT2D eigenvalue weighted by Crippen LogP contribution is -2.42. The van der Waals surface area contributed by atoms with Crippen LogP contribution in [0.2, 0.25) is 5.02 Å². The molecule has 1 fully saturated rings. The van der Waals surface area contributed by atoms with Gasteiger partial charge in [0.2, 0.25) is 0 Å². The molecule has 7 heteroatoms. The van der Waals surface area contributed by atoms with Crippen molar-refractivity contribution in [2.24, 2.45) is 13.0 Å². The molecule has 0 spiro atoms. The number of halogens is 1. The molecule has 3 rings (SSSR count). The molecule has 6 nitrogen and oxygen atoms in total. The third-order valence-corrected chi connectivity index (χ3v) is 5.01. The van der Waals surface area contributed by atoms with Gasteiger partial charge in [0.1, 0.15) is 0 Å². The average molecular weight is 348 g/mol. The fourth-order valence-electron chi connectivity index (χ4n) is 3.49. The number of likely N-dealkylation sites (tertiary alicyclic amines) is 1. The third kappa shape index (κ3) is 3.44. The molecule has 0 saturated carbocycles. The Labute approximate surface area is 146 Å². The summed E-state index contributed by atoms with van der Waals surface area (Å²) >= 11 is 6.05. The molecule has 2 aromatic rings. The van der Waals surface area contributed by atoms with E-state index in [-0.39, 0.29) is 11.9 Å². The van der Waals surface area contributed by atoms with Gasteiger partial charge < -0.3 is 5.32 Å². The molecule has 1 saturated heterocycles. The molecule has 1 aliphatic heterocycles. The van der Waals surface area contributed by atoms with Crippen molar-refractivity contribution in [1.29, 1.82) is 0 Å². The van der Waals surface area contributed by atoms with Crippen molar-refractivity contribution in [3.63, 3.8) is 0 Å². The Morgan fingerprint density at radius 3 is 2.92 bits per heavy atom. The summed E-state index contributed by atoms with van der Waals surface area (Å²) in [4.78, 5) is 18.7. The molecule has 0 bridgehead atoms. The fraction of sp³-hybridized carbons (Fsp3) is 0.471. The first-order valence-electron chi connectivity index (χ1n) is 8.13. The minimum Gasteiger partial charge on any atom is -0.352 e. The van der Waals surface area contributed by atoms with Crippen LogP contribution in [-0.2, 0) is 7.05 Å². The summed E-state index contributed by atoms with van der Waals surface area (Å²) in [5.74, 6) is 0.183. The summed E-state index contributed by atoms with van der Waals surface area (Å²) in [5.41, 5.74) is 1.64. The quantitative estimate of drug-likeness (QED) is 0.921. The number of nitrogens with zero attached hydrogens (tertiary/aromatic N) is 4. The van der Waals surface area contributed by atoms with Crippen molar-refractivity contribution in [2.45, 2.75) is 18.9 Å². The molecule has 1 aliphatic rings. The first kappa shape index (κ1) is 16.9. The Morgan fingerprint density at radius 1 is 1.38 bits per heavy atom. The number of hydrogen-bond acceptors (Lipinski definition) is 4. The summed E-state index contributed by atoms with van der Waals surface area (Å²) in [6.07, 6.45) is 7.09. The van der Waals surface area contributed by atoms with Gasteiger partial charge in [0.05, 0.1) is 22.3 Å². The van der Waals surface area contributed by atoms with Crippen LogP contribution in [-0.4, -0.2) is 45.7 Å². The van der Waals surface area contributed by atoms with Crippen molar-refractivity contribution < 1.29 is 4.79 Å². The van der Waals surface area contributed by atoms with E-state index in [1.54, 1.807) is 12.3 Å². The highest BCUT2D eigenvalue weighted by Gasteiger charge is 2.32. The van der Waals surface area contributed by atoms with Crippen molar-refractivity contribution in [3.05, 3.63) is 47.0 Å². The molecule has 0 radical (unpaired) electrons. The number of carbonyl (C=O) groups excluding carboxylic acids is 1. The standard InChI is InChI=1S/C17H22ClN5O/c1-22-9-3-4-12(16(22)15-6-8-21-23(15)2)10-20-17(24)13-5-7-19-11-14(13)18/h5-8,11-12,16H,3-4,9-10H2,1-2H3,(H,20,24)/t12-,16+/m0/s1. The normalized spacial score (nSPS) is 21.6. The van der Waals surface area contributed by atoms with Crippen LogP contribution in [0.25, 0.3) is 0 Å². The van der Waals surface area contributed by atoms with Gasteiger partial charge in [-0.05, 0) is 44.5 Å². The predicted octanol–water partition coefficient (Wildman–Crippen LogP) is 2.28. The summed E-state index contributed by atoms with van der Waals surface area (Å²) in [6, 6.07) is 3.95. The minimum atomic E-state index is -0.153. The van der Waals surface area contributed by atoms with Crippen LogP contribution in [0.5, 0.6) is 0 Å². The van der Waals surface area contributed by atoms with Crippen molar-refractivity contribution in [3.8, 4) is 0 Å². The molecule has 0 unspecified atom stereocenters. The van der Waals surface area contributed by atoms with Crippen molar-refractivity contribution in [2.75, 3.05) is 20.1 Å². The van der Waals surface area contributed by atoms with Crippen molar-refractivity contribution in [1.82, 2.24) is 25.0 Å². The highest BCUT2D eigenvalue weighted by atomic mass is 35.5. The summed E-state index contributed by atoms with van der Waals surface area (Å²) < 4.78 is 1.92. The monoisotopic (exact) mass is 347 g/mol. The Morgan fingerprint density at radius 2 is 2.21 bits per heavy atom. The van der Waals surface area contributed by atoms with Gasteiger partial charge in [0, 0.05) is 32.2 Å². The van der Waals surface area contributed by atoms with E-state index in [1.807, 2.05) is 17.9 Å². The first-order valence-corrected chi connectivity index (χ1v) is 8.51. The predicted molar refractivity (Wildman–Crippen MR) is 92.9 cm³/mol. The van der Waals surface area contributed by atoms with Crippen LogP contribution in [0.3, 0.4) is 0 Å². The van der Waals surface area contributed by atoms with E-state index in [0.29, 0.717) is 23.0 Å². The second kappa shape index (κ2) is 7.32. The number of aromatic nitrogens is 3. The van der Waals surface area contributed by atoms with Crippen LogP contribution < -0.4 is 5.32 Å². The van der Waals surface area contributed by atoms with E-state index in [1.165, 1.54) is 11.9 Å². The van der Waals surface area contributed by atoms with Gasteiger partial charge in [0.15, 0.2) is 0 Å². The van der Waals surface area contributed by atoms with Crippen LogP contribution >= 0.6 is 11.6 Å². The lowest BCUT2D eigenvalue weighted by Gasteiger charge is -2.39. The molecule has 1 amide bonds. The molecule has 24 heavy (non-hydrogen) atoms. The highest BCUT2D eigenvalue weighted by molar-refractivity contribution is 6.33. The first-order chi connectivity index (χ1) is 11.6. The molecular formula is C17H22ClN5O. The van der Waals surface area contributed by atoms with Crippen LogP contribution in [0.1, 0.15) is 34.9 Å². The maximum Gasteiger partial charge on any atom is 0.252 e. The second-order valence-corrected chi connectivity index (χ2v) is 6.68. The molecule has 3 heterocycles. The van der Waals surface area contributed by atoms with Gasteiger partial charge in [0.25, 0.3) is 5.91 Å². The fourth-order valence-corrected chi connectivity index (χ4v) is 3.70. The molecule has 128 valence electrons. The molecule has 0 aromatic carbocycles. The van der Waals surface area contributed by atoms with E-state index in [9.17, 15) is 4.79 Å². The van der Waals surface area contributed by atoms with Gasteiger partial charge in [-0.2, -0.15) is 5.10 Å². The van der Waals surface area contributed by atoms with E-state index < -0.39 is 0 Å². The minimum absolute atomic E-state index is 0.153. The van der Waals surface area contributed by atoms with E-state index in [0.717, 1.165) is 19.4 Å². The zero-order valence-electron chi connectivity index (χ0n) is 13.9. The molecule has 0 aliphatic carbocycles. The third-order valence-electron chi connectivity index (χ3n) is 4.71. The summed E-state index contributed by atoms with van der Waals surface area (Å²) in [7, 11) is 4.09. The maximum atomic E-state index is 12.4. The highest BCUT2D eigenvalue weighted by Crippen LogP contribution is 2.34. The molecule has 2 atom stereocenters. The Kier molecular flexibility index (Phi) is 5.16. The lowest BCUT2D eigenvalue weighted by atomic mass is 9.87. The molecular weight excluding hydrogens is 326 g/mol. The largest absolute Gasteiger partial charge is 0.352 e. The Bertz CT molecular complexity index is 717. The van der Waals surface area contributed by atoms with Gasteiger partial charge >= 0.3 is 0 Å². The number of rotatable bonds is 4. The second-order valence-electron chi connectivity index (χ2n) is 6.27. The number of pyridine rings is 1. The van der Waals surface area contributed by atoms with Crippen LogP contribution in [0.4, 0.5) is 0 Å². The van der Waals surface area contributed by atoms with Crippen molar-refractivity contribution >= 4 is 17.5 Å². The van der Waals surface area contributed by atoms with Gasteiger partial charge in [-0.3, -0.25) is 19.4 Å². The SMILES string of the molecule is CN1CCC[C@@H](CNC(=O)c2ccncc2Cl)[C@@H]1c1ccnn1C. The van der Waals surface area contributed by atoms with E-state index >= 15 is 0 Å². The summed E-state index contributed by atoms with van der Waals surface area (Å²) in [6.45, 7) is 1.66. The van der Waals surface area contributed by atoms with Crippen LogP contribution in [0.15, 0.2) is 30.7 Å². The van der Waals surface area contributed by atoms with Crippen LogP contribution in [0, 0.1) is 5.92 Å². The molecule has 1 N–H and O–H groups in total. The lowest BCUT2D eigenvalue weighted by molar-refractivity contribution is 0.0880. The number of amides is 1. The van der Waals surface area contributed by atoms with E-state index in [2.05, 4.69) is 33.4 Å². The average Bonchev–Trinajstić information content (AvgIpc) is 2.99. The number of nitrogens with one attached hydrogen (secondary N) is 1. The maximum absolute atomic E-state index is 12.4. The smallest absolute Gasteiger partial charge is 0.252 e.